The molecule has 0 aliphatic carbocycles. The molecule has 0 aliphatic heterocycles. The molecule has 4 aromatic rings. The first-order valence-corrected chi connectivity index (χ1v) is 8.50. The van der Waals surface area contributed by atoms with Crippen molar-refractivity contribution in [1.29, 1.82) is 0 Å². The third kappa shape index (κ3) is 3.70. The van der Waals surface area contributed by atoms with Crippen molar-refractivity contribution in [3.8, 4) is 58.3 Å². The van der Waals surface area contributed by atoms with E-state index in [0.717, 1.165) is 0 Å². The number of ether oxygens (including phenoxy) is 4. The Morgan fingerprint density at radius 2 is 1.30 bits per heavy atom. The van der Waals surface area contributed by atoms with Gasteiger partial charge >= 0.3 is 12.0 Å². The van der Waals surface area contributed by atoms with E-state index in [2.05, 4.69) is 30.1 Å². The van der Waals surface area contributed by atoms with Gasteiger partial charge in [-0.25, -0.2) is 4.98 Å². The van der Waals surface area contributed by atoms with Crippen molar-refractivity contribution in [2.75, 3.05) is 28.4 Å². The highest BCUT2D eigenvalue weighted by atomic mass is 16.5. The lowest BCUT2D eigenvalue weighted by molar-refractivity contribution is 0.340. The van der Waals surface area contributed by atoms with E-state index in [9.17, 15) is 0 Å². The van der Waals surface area contributed by atoms with Crippen LogP contribution in [0.25, 0.3) is 34.8 Å². The molecule has 0 saturated carbocycles. The number of oxazole rings is 1. The summed E-state index contributed by atoms with van der Waals surface area (Å²) >= 11 is 0. The molecule has 0 aliphatic rings. The number of nitrogens with zero attached hydrogens (tertiary/aromatic N) is 6. The zero-order valence-electron chi connectivity index (χ0n) is 16.4. The van der Waals surface area contributed by atoms with Gasteiger partial charge in [-0.15, -0.1) is 15.2 Å². The van der Waals surface area contributed by atoms with Crippen molar-refractivity contribution in [2.24, 2.45) is 0 Å². The quantitative estimate of drug-likeness (QED) is 0.439. The van der Waals surface area contributed by atoms with Crippen molar-refractivity contribution in [3.63, 3.8) is 0 Å². The number of benzene rings is 1. The molecule has 0 unspecified atom stereocenters. The van der Waals surface area contributed by atoms with E-state index in [0.29, 0.717) is 22.8 Å². The van der Waals surface area contributed by atoms with Crippen LogP contribution in [0.2, 0.25) is 0 Å². The predicted octanol–water partition coefficient (Wildman–Crippen LogP) is 2.28. The molecule has 3 aromatic heterocycles. The molecule has 0 N–H and O–H groups in total. The van der Waals surface area contributed by atoms with E-state index in [4.69, 9.17) is 27.8 Å². The van der Waals surface area contributed by atoms with Gasteiger partial charge < -0.3 is 27.8 Å². The van der Waals surface area contributed by atoms with Crippen LogP contribution in [0, 0.1) is 0 Å². The first kappa shape index (κ1) is 19.1. The third-order valence-electron chi connectivity index (χ3n) is 3.90. The standard InChI is InChI=1S/C18H16N6O6/c1-25-10-5-9(6-11(7-10)26-2)14-23-24-15(30-14)12-8-29-16(19-12)13-20-17(27-3)22-18(21-13)28-4/h5-8H,1-4H3. The van der Waals surface area contributed by atoms with Crippen LogP contribution in [0.1, 0.15) is 0 Å². The van der Waals surface area contributed by atoms with Gasteiger partial charge in [0.1, 0.15) is 17.8 Å². The van der Waals surface area contributed by atoms with E-state index < -0.39 is 0 Å². The molecule has 12 nitrogen and oxygen atoms in total. The molecule has 0 radical (unpaired) electrons. The summed E-state index contributed by atoms with van der Waals surface area (Å²) in [5.41, 5.74) is 0.928. The fourth-order valence-electron chi connectivity index (χ4n) is 2.47. The van der Waals surface area contributed by atoms with E-state index in [-0.39, 0.29) is 35.5 Å². The summed E-state index contributed by atoms with van der Waals surface area (Å²) in [5, 5.41) is 8.08. The van der Waals surface area contributed by atoms with Gasteiger partial charge in [0.25, 0.3) is 11.8 Å². The highest BCUT2D eigenvalue weighted by Crippen LogP contribution is 2.31. The van der Waals surface area contributed by atoms with Crippen LogP contribution in [0.15, 0.2) is 33.3 Å². The second kappa shape index (κ2) is 8.03. The SMILES string of the molecule is COc1cc(OC)cc(-c2nnc(-c3coc(-c4nc(OC)nc(OC)n4)n3)o2)c1. The van der Waals surface area contributed by atoms with Gasteiger partial charge in [-0.05, 0) is 12.1 Å². The van der Waals surface area contributed by atoms with Crippen molar-refractivity contribution in [3.05, 3.63) is 24.5 Å². The Kier molecular flexibility index (Phi) is 5.11. The van der Waals surface area contributed by atoms with Crippen LogP contribution < -0.4 is 18.9 Å². The zero-order valence-corrected chi connectivity index (χ0v) is 16.4. The van der Waals surface area contributed by atoms with Crippen molar-refractivity contribution in [2.45, 2.75) is 0 Å². The minimum absolute atomic E-state index is 0.0589. The van der Waals surface area contributed by atoms with Crippen LogP contribution in [0.4, 0.5) is 0 Å². The Morgan fingerprint density at radius 1 is 0.667 bits per heavy atom. The molecule has 0 fully saturated rings. The van der Waals surface area contributed by atoms with Crippen LogP contribution in [0.5, 0.6) is 23.5 Å². The van der Waals surface area contributed by atoms with Gasteiger partial charge in [0.15, 0.2) is 5.69 Å². The summed E-state index contributed by atoms with van der Waals surface area (Å²) in [6.07, 6.45) is 1.35. The maximum atomic E-state index is 5.74. The van der Waals surface area contributed by atoms with Crippen molar-refractivity contribution >= 4 is 0 Å². The first-order valence-electron chi connectivity index (χ1n) is 8.50. The van der Waals surface area contributed by atoms with Gasteiger partial charge in [0, 0.05) is 11.6 Å². The van der Waals surface area contributed by atoms with Crippen molar-refractivity contribution < 1.29 is 27.8 Å². The summed E-state index contributed by atoms with van der Waals surface area (Å²) in [5.74, 6) is 1.81. The molecular formula is C18H16N6O6. The topological polar surface area (TPSA) is 141 Å². The smallest absolute Gasteiger partial charge is 0.323 e. The van der Waals surface area contributed by atoms with Gasteiger partial charge in [-0.3, -0.25) is 0 Å². The molecular weight excluding hydrogens is 396 g/mol. The van der Waals surface area contributed by atoms with E-state index in [1.807, 2.05) is 0 Å². The molecule has 0 amide bonds. The highest BCUT2D eigenvalue weighted by molar-refractivity contribution is 5.61. The molecule has 154 valence electrons. The molecule has 0 bridgehead atoms. The zero-order chi connectivity index (χ0) is 21.1. The lowest BCUT2D eigenvalue weighted by atomic mass is 10.2. The minimum Gasteiger partial charge on any atom is -0.497 e. The van der Waals surface area contributed by atoms with Crippen LogP contribution in [-0.4, -0.2) is 58.6 Å². The summed E-state index contributed by atoms with van der Waals surface area (Å²) in [7, 11) is 5.96. The minimum atomic E-state index is 0.0589. The Labute approximate surface area is 169 Å². The predicted molar refractivity (Wildman–Crippen MR) is 100 cm³/mol. The van der Waals surface area contributed by atoms with E-state index in [1.54, 1.807) is 32.4 Å². The largest absolute Gasteiger partial charge is 0.497 e. The second-order valence-electron chi connectivity index (χ2n) is 5.68. The Bertz CT molecular complexity index is 1040. The fourth-order valence-corrected chi connectivity index (χ4v) is 2.47. The normalized spacial score (nSPS) is 10.7. The number of rotatable bonds is 7. The molecule has 30 heavy (non-hydrogen) atoms. The van der Waals surface area contributed by atoms with Crippen LogP contribution in [0.3, 0.4) is 0 Å². The van der Waals surface area contributed by atoms with Crippen molar-refractivity contribution in [1.82, 2.24) is 30.1 Å². The van der Waals surface area contributed by atoms with Gasteiger partial charge in [0.05, 0.1) is 28.4 Å². The summed E-state index contributed by atoms with van der Waals surface area (Å²) in [6.45, 7) is 0. The average molecular weight is 412 g/mol. The number of hydrogen-bond acceptors (Lipinski definition) is 12. The molecule has 12 heteroatoms. The molecule has 0 saturated heterocycles. The lowest BCUT2D eigenvalue weighted by Gasteiger charge is -2.05. The molecule has 0 spiro atoms. The summed E-state index contributed by atoms with van der Waals surface area (Å²) < 4.78 is 31.8. The van der Waals surface area contributed by atoms with Gasteiger partial charge in [0.2, 0.25) is 11.7 Å². The Morgan fingerprint density at radius 3 is 1.90 bits per heavy atom. The maximum Gasteiger partial charge on any atom is 0.323 e. The van der Waals surface area contributed by atoms with Gasteiger partial charge in [-0.1, -0.05) is 0 Å². The Balaban J connectivity index is 1.65. The highest BCUT2D eigenvalue weighted by Gasteiger charge is 2.19. The summed E-state index contributed by atoms with van der Waals surface area (Å²) in [6, 6.07) is 5.35. The molecule has 1 aromatic carbocycles. The Hall–Kier alpha value is -4.22. The summed E-state index contributed by atoms with van der Waals surface area (Å²) in [4.78, 5) is 16.4. The van der Waals surface area contributed by atoms with E-state index in [1.165, 1.54) is 20.5 Å². The molecule has 0 atom stereocenters. The number of methoxy groups -OCH3 is 4. The van der Waals surface area contributed by atoms with Gasteiger partial charge in [-0.2, -0.15) is 9.97 Å². The van der Waals surface area contributed by atoms with Crippen LogP contribution >= 0.6 is 0 Å². The molecule has 4 rings (SSSR count). The van der Waals surface area contributed by atoms with E-state index >= 15 is 0 Å². The number of hydrogen-bond donors (Lipinski definition) is 0. The second-order valence-corrected chi connectivity index (χ2v) is 5.68. The fraction of sp³-hybridized carbons (Fsp3) is 0.222. The maximum absolute atomic E-state index is 5.74. The monoisotopic (exact) mass is 412 g/mol. The molecule has 3 heterocycles. The average Bonchev–Trinajstić information content (AvgIpc) is 3.48. The lowest BCUT2D eigenvalue weighted by Crippen LogP contribution is -2.01. The third-order valence-corrected chi connectivity index (χ3v) is 3.90. The van der Waals surface area contributed by atoms with Crippen LogP contribution in [-0.2, 0) is 0 Å². The number of aromatic nitrogens is 6. The first-order chi connectivity index (χ1) is 14.6.